The summed E-state index contributed by atoms with van der Waals surface area (Å²) in [7, 11) is 1.84. The van der Waals surface area contributed by atoms with Crippen molar-refractivity contribution in [3.8, 4) is 0 Å². The maximum atomic E-state index is 12.7. The second kappa shape index (κ2) is 5.55. The van der Waals surface area contributed by atoms with Crippen LogP contribution in [-0.2, 0) is 22.7 Å². The molecule has 22 heavy (non-hydrogen) atoms. The van der Waals surface area contributed by atoms with Crippen LogP contribution < -0.4 is 5.32 Å². The van der Waals surface area contributed by atoms with E-state index in [-0.39, 0.29) is 11.3 Å². The fourth-order valence-electron chi connectivity index (χ4n) is 2.09. The molecule has 0 atom stereocenters. The Balaban J connectivity index is 2.24. The number of aromatic nitrogens is 3. The van der Waals surface area contributed by atoms with Gasteiger partial charge in [0.2, 0.25) is 5.91 Å². The monoisotopic (exact) mass is 300 g/mol. The average Bonchev–Trinajstić information content (AvgIpc) is 2.81. The lowest BCUT2D eigenvalue weighted by Gasteiger charge is -2.23. The van der Waals surface area contributed by atoms with Gasteiger partial charge in [0.15, 0.2) is 0 Å². The molecule has 0 saturated carbocycles. The summed E-state index contributed by atoms with van der Waals surface area (Å²) in [5.41, 5.74) is 1.11. The van der Waals surface area contributed by atoms with Gasteiger partial charge in [-0.1, -0.05) is 26.8 Å². The summed E-state index contributed by atoms with van der Waals surface area (Å²) in [6.45, 7) is 10.1. The molecule has 0 bridgehead atoms. The van der Waals surface area contributed by atoms with Gasteiger partial charge < -0.3 is 5.32 Å². The Labute approximate surface area is 131 Å². The van der Waals surface area contributed by atoms with Gasteiger partial charge in [0.25, 0.3) is 0 Å². The first kappa shape index (κ1) is 16.2. The highest BCUT2D eigenvalue weighted by molar-refractivity contribution is 5.98. The number of aryl methyl sites for hydroxylation is 1. The number of pyridine rings is 1. The zero-order valence-corrected chi connectivity index (χ0v) is 14.1. The van der Waals surface area contributed by atoms with Crippen molar-refractivity contribution in [2.75, 3.05) is 5.32 Å². The van der Waals surface area contributed by atoms with E-state index in [2.05, 4.69) is 36.2 Å². The van der Waals surface area contributed by atoms with E-state index in [0.29, 0.717) is 5.82 Å². The number of nitrogens with zero attached hydrogens (tertiary/aromatic N) is 3. The van der Waals surface area contributed by atoms with Crippen LogP contribution >= 0.6 is 0 Å². The second-order valence-corrected chi connectivity index (χ2v) is 7.11. The fourth-order valence-corrected chi connectivity index (χ4v) is 2.09. The van der Waals surface area contributed by atoms with E-state index in [9.17, 15) is 4.79 Å². The number of carbonyl (C=O) groups excluding carboxylic acids is 1. The van der Waals surface area contributed by atoms with Crippen LogP contribution in [0.2, 0.25) is 0 Å². The zero-order chi connectivity index (χ0) is 16.5. The molecule has 2 aromatic heterocycles. The maximum Gasteiger partial charge on any atom is 0.235 e. The number of nitrogens with one attached hydrogen (secondary N) is 1. The van der Waals surface area contributed by atoms with Crippen LogP contribution in [0.15, 0.2) is 30.6 Å². The van der Waals surface area contributed by atoms with E-state index >= 15 is 0 Å². The molecule has 2 rings (SSSR count). The highest BCUT2D eigenvalue weighted by Gasteiger charge is 2.31. The average molecular weight is 300 g/mol. The summed E-state index contributed by atoms with van der Waals surface area (Å²) >= 11 is 0. The summed E-state index contributed by atoms with van der Waals surface area (Å²) in [5, 5.41) is 7.45. The van der Waals surface area contributed by atoms with Gasteiger partial charge in [0.05, 0.1) is 11.1 Å². The van der Waals surface area contributed by atoms with Gasteiger partial charge in [-0.15, -0.1) is 0 Å². The molecule has 5 heteroatoms. The molecule has 0 fully saturated rings. The van der Waals surface area contributed by atoms with Crippen molar-refractivity contribution < 1.29 is 4.79 Å². The fraction of sp³-hybridized carbons (Fsp3) is 0.471. The Morgan fingerprint density at radius 2 is 1.91 bits per heavy atom. The van der Waals surface area contributed by atoms with Crippen LogP contribution in [0, 0.1) is 0 Å². The first-order chi connectivity index (χ1) is 10.1. The molecule has 0 aliphatic carbocycles. The molecular formula is C17H24N4O. The third-order valence-electron chi connectivity index (χ3n) is 3.84. The van der Waals surface area contributed by atoms with Crippen molar-refractivity contribution >= 4 is 11.7 Å². The van der Waals surface area contributed by atoms with Gasteiger partial charge >= 0.3 is 0 Å². The van der Waals surface area contributed by atoms with Gasteiger partial charge in [0.1, 0.15) is 5.82 Å². The zero-order valence-electron chi connectivity index (χ0n) is 14.1. The minimum Gasteiger partial charge on any atom is -0.310 e. The summed E-state index contributed by atoms with van der Waals surface area (Å²) in [4.78, 5) is 16.8. The van der Waals surface area contributed by atoms with Gasteiger partial charge in [-0.2, -0.15) is 5.10 Å². The molecule has 0 aromatic carbocycles. The molecule has 1 amide bonds. The molecule has 0 radical (unpaired) electrons. The second-order valence-electron chi connectivity index (χ2n) is 7.11. The lowest BCUT2D eigenvalue weighted by atomic mass is 9.85. The summed E-state index contributed by atoms with van der Waals surface area (Å²) in [6, 6.07) is 5.68. The Kier molecular flexibility index (Phi) is 4.09. The van der Waals surface area contributed by atoms with E-state index in [1.54, 1.807) is 17.1 Å². The number of anilines is 1. The van der Waals surface area contributed by atoms with Crippen LogP contribution in [-0.4, -0.2) is 20.7 Å². The lowest BCUT2D eigenvalue weighted by Crippen LogP contribution is -2.35. The molecular weight excluding hydrogens is 276 g/mol. The first-order valence-corrected chi connectivity index (χ1v) is 7.39. The molecule has 2 aromatic rings. The normalized spacial score (nSPS) is 12.3. The van der Waals surface area contributed by atoms with Crippen molar-refractivity contribution in [1.29, 1.82) is 0 Å². The summed E-state index contributed by atoms with van der Waals surface area (Å²) in [6.07, 6.45) is 3.43. The number of rotatable bonds is 3. The Hall–Kier alpha value is -2.17. The SMILES string of the molecule is Cn1nc(C(C)(C)C)cc1NC(=O)C(C)(C)c1cccnc1. The molecule has 0 spiro atoms. The minimum absolute atomic E-state index is 0.0559. The highest BCUT2D eigenvalue weighted by Crippen LogP contribution is 2.27. The highest BCUT2D eigenvalue weighted by atomic mass is 16.2. The van der Waals surface area contributed by atoms with Crippen molar-refractivity contribution in [2.45, 2.75) is 45.4 Å². The lowest BCUT2D eigenvalue weighted by molar-refractivity contribution is -0.120. The number of hydrogen-bond donors (Lipinski definition) is 1. The van der Waals surface area contributed by atoms with Crippen LogP contribution in [0.4, 0.5) is 5.82 Å². The summed E-state index contributed by atoms with van der Waals surface area (Å²) in [5.74, 6) is 0.621. The van der Waals surface area contributed by atoms with Crippen molar-refractivity contribution in [3.05, 3.63) is 41.9 Å². The predicted octanol–water partition coefficient (Wildman–Crippen LogP) is 3.03. The largest absolute Gasteiger partial charge is 0.310 e. The van der Waals surface area contributed by atoms with E-state index in [0.717, 1.165) is 11.3 Å². The number of amides is 1. The topological polar surface area (TPSA) is 59.8 Å². The van der Waals surface area contributed by atoms with Gasteiger partial charge in [-0.25, -0.2) is 0 Å². The minimum atomic E-state index is -0.666. The van der Waals surface area contributed by atoms with Crippen molar-refractivity contribution in [1.82, 2.24) is 14.8 Å². The van der Waals surface area contributed by atoms with E-state index in [4.69, 9.17) is 0 Å². The van der Waals surface area contributed by atoms with Crippen molar-refractivity contribution in [3.63, 3.8) is 0 Å². The van der Waals surface area contributed by atoms with E-state index in [1.807, 2.05) is 39.1 Å². The van der Waals surface area contributed by atoms with Crippen LogP contribution in [0.25, 0.3) is 0 Å². The van der Waals surface area contributed by atoms with Gasteiger partial charge in [-0.05, 0) is 25.5 Å². The molecule has 5 nitrogen and oxygen atoms in total. The molecule has 118 valence electrons. The predicted molar refractivity (Wildman–Crippen MR) is 87.8 cm³/mol. The van der Waals surface area contributed by atoms with Crippen LogP contribution in [0.1, 0.15) is 45.9 Å². The first-order valence-electron chi connectivity index (χ1n) is 7.39. The third kappa shape index (κ3) is 3.18. The smallest absolute Gasteiger partial charge is 0.235 e. The van der Waals surface area contributed by atoms with E-state index in [1.165, 1.54) is 0 Å². The Morgan fingerprint density at radius 1 is 1.23 bits per heavy atom. The quantitative estimate of drug-likeness (QED) is 0.948. The Bertz CT molecular complexity index is 666. The molecule has 1 N–H and O–H groups in total. The maximum absolute atomic E-state index is 12.7. The van der Waals surface area contributed by atoms with Gasteiger partial charge in [0, 0.05) is 30.9 Å². The molecule has 0 saturated heterocycles. The van der Waals surface area contributed by atoms with Gasteiger partial charge in [-0.3, -0.25) is 14.5 Å². The van der Waals surface area contributed by atoms with Crippen LogP contribution in [0.3, 0.4) is 0 Å². The van der Waals surface area contributed by atoms with E-state index < -0.39 is 5.41 Å². The number of carbonyl (C=O) groups is 1. The van der Waals surface area contributed by atoms with Crippen LogP contribution in [0.5, 0.6) is 0 Å². The standard InChI is InChI=1S/C17H24N4O/c1-16(2,3)13-10-14(21(6)20-13)19-15(22)17(4,5)12-8-7-9-18-11-12/h7-11H,1-6H3,(H,19,22). The molecule has 2 heterocycles. The molecule has 0 aliphatic heterocycles. The molecule has 0 unspecified atom stereocenters. The van der Waals surface area contributed by atoms with Crippen molar-refractivity contribution in [2.24, 2.45) is 7.05 Å². The Morgan fingerprint density at radius 3 is 2.41 bits per heavy atom. The molecule has 0 aliphatic rings. The summed E-state index contributed by atoms with van der Waals surface area (Å²) < 4.78 is 1.71. The third-order valence-corrected chi connectivity index (χ3v) is 3.84. The number of hydrogen-bond acceptors (Lipinski definition) is 3.